The van der Waals surface area contributed by atoms with Gasteiger partial charge in [-0.25, -0.2) is 0 Å². The Hall–Kier alpha value is -1.22. The lowest BCUT2D eigenvalue weighted by molar-refractivity contribution is 0.597. The van der Waals surface area contributed by atoms with Crippen LogP contribution in [0.1, 0.15) is 5.56 Å². The molecule has 1 fully saturated rings. The molecule has 0 N–H and O–H groups in total. The molecule has 3 heteroatoms. The van der Waals surface area contributed by atoms with Crippen molar-refractivity contribution >= 4 is 22.7 Å². The molecule has 2 heterocycles. The molecule has 1 aromatic carbocycles. The summed E-state index contributed by atoms with van der Waals surface area (Å²) in [6, 6.07) is 7.24. The third kappa shape index (κ3) is 2.63. The first kappa shape index (κ1) is 10.3. The van der Waals surface area contributed by atoms with Crippen LogP contribution in [0.3, 0.4) is 0 Å². The molecule has 1 saturated heterocycles. The Morgan fingerprint density at radius 3 is 2.60 bits per heavy atom. The van der Waals surface area contributed by atoms with Crippen LogP contribution in [0.4, 0.5) is 0 Å². The molecule has 1 aliphatic rings. The van der Waals surface area contributed by atoms with Gasteiger partial charge in [0.2, 0.25) is 0 Å². The van der Waals surface area contributed by atoms with Gasteiger partial charge in [0.1, 0.15) is 5.58 Å². The normalized spacial score (nSPS) is 13.1. The van der Waals surface area contributed by atoms with Crippen LogP contribution < -0.4 is 5.43 Å². The summed E-state index contributed by atoms with van der Waals surface area (Å²) in [5, 5.41) is 0.650. The van der Waals surface area contributed by atoms with Gasteiger partial charge < -0.3 is 4.42 Å². The second-order valence-electron chi connectivity index (χ2n) is 3.36. The lowest BCUT2D eigenvalue weighted by atomic mass is 10.2. The summed E-state index contributed by atoms with van der Waals surface area (Å²) in [5.74, 6) is 2.83. The molecule has 0 radical (unpaired) electrons. The van der Waals surface area contributed by atoms with Gasteiger partial charge in [0.15, 0.2) is 5.43 Å². The van der Waals surface area contributed by atoms with E-state index in [0.717, 1.165) is 0 Å². The zero-order valence-corrected chi connectivity index (χ0v) is 9.34. The highest BCUT2D eigenvalue weighted by Gasteiger charge is 2.00. The van der Waals surface area contributed by atoms with E-state index < -0.39 is 0 Å². The van der Waals surface area contributed by atoms with Crippen LogP contribution in [0.5, 0.6) is 0 Å². The first-order valence-electron chi connectivity index (χ1n) is 4.84. The van der Waals surface area contributed by atoms with Gasteiger partial charge >= 0.3 is 0 Å². The molecule has 3 rings (SSSR count). The van der Waals surface area contributed by atoms with Gasteiger partial charge in [0, 0.05) is 17.1 Å². The summed E-state index contributed by atoms with van der Waals surface area (Å²) in [7, 11) is 0. The highest BCUT2D eigenvalue weighted by Crippen LogP contribution is 2.14. The molecule has 15 heavy (non-hydrogen) atoms. The molecule has 0 unspecified atom stereocenters. The van der Waals surface area contributed by atoms with Gasteiger partial charge in [0.25, 0.3) is 0 Å². The van der Waals surface area contributed by atoms with Crippen molar-refractivity contribution in [3.05, 3.63) is 46.3 Å². The Kier molecular flexibility index (Phi) is 3.11. The van der Waals surface area contributed by atoms with E-state index in [0.29, 0.717) is 16.5 Å². The topological polar surface area (TPSA) is 30.2 Å². The van der Waals surface area contributed by atoms with Crippen molar-refractivity contribution in [3.8, 4) is 0 Å². The first-order chi connectivity index (χ1) is 7.29. The Labute approximate surface area is 92.3 Å². The molecule has 0 spiro atoms. The Balaban J connectivity index is 0.000000244. The monoisotopic (exact) mass is 220 g/mol. The van der Waals surface area contributed by atoms with Crippen LogP contribution in [0.15, 0.2) is 39.7 Å². The molecule has 78 valence electrons. The van der Waals surface area contributed by atoms with Crippen molar-refractivity contribution in [2.75, 3.05) is 11.5 Å². The number of aryl methyl sites for hydroxylation is 1. The van der Waals surface area contributed by atoms with Gasteiger partial charge in [-0.15, -0.1) is 0 Å². The molecule has 2 nitrogen and oxygen atoms in total. The SMILES string of the molecule is C1CS1.Cc1coc2ccccc2c1=O. The van der Waals surface area contributed by atoms with Crippen LogP contribution in [-0.2, 0) is 0 Å². The third-order valence-electron chi connectivity index (χ3n) is 2.06. The van der Waals surface area contributed by atoms with Crippen LogP contribution in [0.2, 0.25) is 0 Å². The second-order valence-corrected chi connectivity index (χ2v) is 4.58. The van der Waals surface area contributed by atoms with Crippen molar-refractivity contribution in [3.63, 3.8) is 0 Å². The lowest BCUT2D eigenvalue weighted by Crippen LogP contribution is -2.03. The van der Waals surface area contributed by atoms with Crippen molar-refractivity contribution in [1.82, 2.24) is 0 Å². The standard InChI is InChI=1S/C10H8O2.C2H4S/c1-7-6-12-9-5-3-2-4-8(9)10(7)11;1-2-3-1/h2-6H,1H3;1-2H2. The molecule has 0 saturated carbocycles. The Morgan fingerprint density at radius 2 is 1.93 bits per heavy atom. The number of benzene rings is 1. The largest absolute Gasteiger partial charge is 0.464 e. The number of fused-ring (bicyclic) bond motifs is 1. The molecule has 0 atom stereocenters. The van der Waals surface area contributed by atoms with Crippen LogP contribution in [-0.4, -0.2) is 11.5 Å². The highest BCUT2D eigenvalue weighted by atomic mass is 32.2. The minimum Gasteiger partial charge on any atom is -0.464 e. The molecule has 1 aromatic heterocycles. The molecule has 1 aliphatic heterocycles. The van der Waals surface area contributed by atoms with Crippen LogP contribution in [0.25, 0.3) is 11.0 Å². The van der Waals surface area contributed by atoms with E-state index in [1.165, 1.54) is 17.8 Å². The molecule has 0 bridgehead atoms. The van der Waals surface area contributed by atoms with Crippen molar-refractivity contribution in [2.45, 2.75) is 6.92 Å². The van der Waals surface area contributed by atoms with E-state index in [4.69, 9.17) is 4.42 Å². The van der Waals surface area contributed by atoms with Crippen molar-refractivity contribution in [1.29, 1.82) is 0 Å². The predicted octanol–water partition coefficient (Wildman–Crippen LogP) is 2.83. The van der Waals surface area contributed by atoms with Gasteiger partial charge in [0.05, 0.1) is 11.6 Å². The molecule has 0 aliphatic carbocycles. The van der Waals surface area contributed by atoms with E-state index in [9.17, 15) is 4.79 Å². The molecular formula is C12H12O2S. The molecule has 2 aromatic rings. The minimum absolute atomic E-state index is 0.0526. The molecular weight excluding hydrogens is 208 g/mol. The number of thioether (sulfide) groups is 1. The lowest BCUT2D eigenvalue weighted by Gasteiger charge is -1.95. The average Bonchev–Trinajstić information content (AvgIpc) is 3.11. The van der Waals surface area contributed by atoms with Gasteiger partial charge in [-0.05, 0) is 19.1 Å². The smallest absolute Gasteiger partial charge is 0.195 e. The number of hydrogen-bond acceptors (Lipinski definition) is 3. The molecule has 0 amide bonds. The number of para-hydroxylation sites is 1. The van der Waals surface area contributed by atoms with E-state index in [-0.39, 0.29) is 5.43 Å². The number of hydrogen-bond donors (Lipinski definition) is 0. The maximum Gasteiger partial charge on any atom is 0.195 e. The Morgan fingerprint density at radius 1 is 1.27 bits per heavy atom. The highest BCUT2D eigenvalue weighted by molar-refractivity contribution is 8.06. The fourth-order valence-electron chi connectivity index (χ4n) is 1.17. The summed E-state index contributed by atoms with van der Waals surface area (Å²) in [6.45, 7) is 1.75. The zero-order valence-electron chi connectivity index (χ0n) is 8.53. The van der Waals surface area contributed by atoms with Gasteiger partial charge in [-0.3, -0.25) is 4.79 Å². The second kappa shape index (κ2) is 4.53. The van der Waals surface area contributed by atoms with Gasteiger partial charge in [-0.2, -0.15) is 11.8 Å². The van der Waals surface area contributed by atoms with E-state index in [1.54, 1.807) is 19.1 Å². The van der Waals surface area contributed by atoms with Crippen LogP contribution in [0, 0.1) is 6.92 Å². The van der Waals surface area contributed by atoms with Gasteiger partial charge in [-0.1, -0.05) is 12.1 Å². The summed E-state index contributed by atoms with van der Waals surface area (Å²) >= 11 is 2.00. The van der Waals surface area contributed by atoms with E-state index in [2.05, 4.69) is 0 Å². The summed E-state index contributed by atoms with van der Waals surface area (Å²) in [6.07, 6.45) is 1.49. The summed E-state index contributed by atoms with van der Waals surface area (Å²) < 4.78 is 5.22. The fraction of sp³-hybridized carbons (Fsp3) is 0.250. The number of rotatable bonds is 0. The maximum atomic E-state index is 11.5. The van der Waals surface area contributed by atoms with Crippen molar-refractivity contribution in [2.24, 2.45) is 0 Å². The zero-order chi connectivity index (χ0) is 10.7. The predicted molar refractivity (Wildman–Crippen MR) is 64.5 cm³/mol. The third-order valence-corrected chi connectivity index (χ3v) is 2.46. The average molecular weight is 220 g/mol. The van der Waals surface area contributed by atoms with E-state index >= 15 is 0 Å². The first-order valence-corrected chi connectivity index (χ1v) is 5.99. The fourth-order valence-corrected chi connectivity index (χ4v) is 1.17. The van der Waals surface area contributed by atoms with Crippen molar-refractivity contribution < 1.29 is 4.42 Å². The van der Waals surface area contributed by atoms with E-state index in [1.807, 2.05) is 23.9 Å². The summed E-state index contributed by atoms with van der Waals surface area (Å²) in [5.41, 5.74) is 1.35. The Bertz CT molecular complexity index is 512. The summed E-state index contributed by atoms with van der Waals surface area (Å²) in [4.78, 5) is 11.5. The quantitative estimate of drug-likeness (QED) is 0.639. The van der Waals surface area contributed by atoms with Crippen LogP contribution >= 0.6 is 11.8 Å². The maximum absolute atomic E-state index is 11.5. The minimum atomic E-state index is 0.0526.